The Kier molecular flexibility index (Phi) is 6.98. The van der Waals surface area contributed by atoms with Gasteiger partial charge in [-0.05, 0) is 31.0 Å². The van der Waals surface area contributed by atoms with Crippen LogP contribution in [0.25, 0.3) is 0 Å². The van der Waals surface area contributed by atoms with E-state index in [0.717, 1.165) is 21.9 Å². The number of hydrogen-bond donors (Lipinski definition) is 2. The van der Waals surface area contributed by atoms with Crippen molar-refractivity contribution in [3.8, 4) is 0 Å². The summed E-state index contributed by atoms with van der Waals surface area (Å²) in [5, 5.41) is 2.16. The third-order valence-corrected chi connectivity index (χ3v) is 5.06. The summed E-state index contributed by atoms with van der Waals surface area (Å²) >= 11 is 0. The number of nitrogens with one attached hydrogen (secondary N) is 1. The number of morpholine rings is 1. The van der Waals surface area contributed by atoms with Crippen molar-refractivity contribution < 1.29 is 41.1 Å². The number of carbonyl (C=O) groups excluding carboxylic acids is 3. The van der Waals surface area contributed by atoms with E-state index < -0.39 is 60.2 Å². The Hall–Kier alpha value is -2.80. The standard InChI is InChI=1S/C19H21F5N4O4/c20-14(21)8-28(11-2-3-11)16(17(25)30)18(31)26-10-1-4-13(12(7-10)19(22,23)24)27-5-6-32-9-15(27)29/h1,4,7,11,14,16H,2-3,5-6,8-9H2,(H2,25,30)(H,26,31)/t16-/m0/s1. The molecule has 3 N–H and O–H groups in total. The summed E-state index contributed by atoms with van der Waals surface area (Å²) in [4.78, 5) is 38.4. The first-order chi connectivity index (χ1) is 15.0. The van der Waals surface area contributed by atoms with Gasteiger partial charge in [0.2, 0.25) is 5.91 Å². The van der Waals surface area contributed by atoms with Crippen LogP contribution in [0.15, 0.2) is 18.2 Å². The number of nitrogens with zero attached hydrogens (tertiary/aromatic N) is 2. The van der Waals surface area contributed by atoms with Crippen LogP contribution in [0, 0.1) is 0 Å². The molecule has 1 saturated heterocycles. The van der Waals surface area contributed by atoms with Crippen molar-refractivity contribution in [2.24, 2.45) is 5.73 Å². The van der Waals surface area contributed by atoms with Gasteiger partial charge >= 0.3 is 6.18 Å². The number of halogens is 5. The van der Waals surface area contributed by atoms with E-state index in [0.29, 0.717) is 18.9 Å². The summed E-state index contributed by atoms with van der Waals surface area (Å²) in [5.74, 6) is -2.96. The third-order valence-electron chi connectivity index (χ3n) is 5.06. The number of nitrogens with two attached hydrogens (primary N) is 1. The van der Waals surface area contributed by atoms with Crippen LogP contribution in [0.5, 0.6) is 0 Å². The molecule has 1 saturated carbocycles. The SMILES string of the molecule is NC(=O)[C@@H](C(=O)Nc1ccc(N2CCOCC2=O)c(C(F)(F)F)c1)N(CC(F)F)C1CC1. The van der Waals surface area contributed by atoms with Crippen molar-refractivity contribution >= 4 is 29.1 Å². The molecule has 1 aliphatic carbocycles. The second-order valence-corrected chi connectivity index (χ2v) is 7.44. The molecule has 176 valence electrons. The van der Waals surface area contributed by atoms with Crippen molar-refractivity contribution in [1.29, 1.82) is 0 Å². The van der Waals surface area contributed by atoms with Crippen LogP contribution in [0.4, 0.5) is 33.3 Å². The Balaban J connectivity index is 1.87. The smallest absolute Gasteiger partial charge is 0.370 e. The quantitative estimate of drug-likeness (QED) is 0.449. The molecule has 13 heteroatoms. The fourth-order valence-corrected chi connectivity index (χ4v) is 3.53. The van der Waals surface area contributed by atoms with E-state index in [2.05, 4.69) is 5.32 Å². The van der Waals surface area contributed by atoms with Gasteiger partial charge in [0, 0.05) is 18.3 Å². The summed E-state index contributed by atoms with van der Waals surface area (Å²) in [6.07, 6.45) is -6.73. The first-order valence-corrected chi connectivity index (χ1v) is 9.72. The second-order valence-electron chi connectivity index (χ2n) is 7.44. The number of benzene rings is 1. The van der Waals surface area contributed by atoms with Crippen LogP contribution in [0.3, 0.4) is 0 Å². The topological polar surface area (TPSA) is 105 Å². The van der Waals surface area contributed by atoms with Gasteiger partial charge in [-0.15, -0.1) is 0 Å². The number of rotatable bonds is 8. The molecular formula is C19H21F5N4O4. The molecular weight excluding hydrogens is 443 g/mol. The van der Waals surface area contributed by atoms with E-state index in [1.165, 1.54) is 0 Å². The van der Waals surface area contributed by atoms with Crippen LogP contribution in [-0.4, -0.2) is 67.4 Å². The zero-order chi connectivity index (χ0) is 23.6. The van der Waals surface area contributed by atoms with Gasteiger partial charge in [-0.2, -0.15) is 13.2 Å². The summed E-state index contributed by atoms with van der Waals surface area (Å²) in [7, 11) is 0. The summed E-state index contributed by atoms with van der Waals surface area (Å²) in [6, 6.07) is 0.540. The van der Waals surface area contributed by atoms with Gasteiger partial charge < -0.3 is 20.7 Å². The molecule has 0 bridgehead atoms. The van der Waals surface area contributed by atoms with Crippen molar-refractivity contribution in [2.45, 2.75) is 37.5 Å². The Bertz CT molecular complexity index is 891. The minimum Gasteiger partial charge on any atom is -0.370 e. The lowest BCUT2D eigenvalue weighted by Gasteiger charge is -2.30. The number of hydrogen-bond acceptors (Lipinski definition) is 5. The fraction of sp³-hybridized carbons (Fsp3) is 0.526. The average Bonchev–Trinajstić information content (AvgIpc) is 3.52. The molecule has 0 unspecified atom stereocenters. The van der Waals surface area contributed by atoms with Crippen molar-refractivity contribution in [3.63, 3.8) is 0 Å². The predicted molar refractivity (Wildman–Crippen MR) is 102 cm³/mol. The Labute approximate surface area is 179 Å². The van der Waals surface area contributed by atoms with Crippen LogP contribution >= 0.6 is 0 Å². The number of ether oxygens (including phenoxy) is 1. The number of primary amides is 1. The van der Waals surface area contributed by atoms with E-state index in [4.69, 9.17) is 10.5 Å². The predicted octanol–water partition coefficient (Wildman–Crippen LogP) is 1.59. The number of anilines is 2. The lowest BCUT2D eigenvalue weighted by molar-refractivity contribution is -0.138. The summed E-state index contributed by atoms with van der Waals surface area (Å²) in [6.45, 7) is -1.26. The highest BCUT2D eigenvalue weighted by Gasteiger charge is 2.42. The summed E-state index contributed by atoms with van der Waals surface area (Å²) in [5.41, 5.74) is 3.32. The van der Waals surface area contributed by atoms with Gasteiger partial charge in [0.15, 0.2) is 6.04 Å². The zero-order valence-electron chi connectivity index (χ0n) is 16.7. The normalized spacial score (nSPS) is 18.2. The number of carbonyl (C=O) groups is 3. The van der Waals surface area contributed by atoms with Gasteiger partial charge in [-0.3, -0.25) is 19.3 Å². The second kappa shape index (κ2) is 9.36. The Morgan fingerprint density at radius 3 is 2.50 bits per heavy atom. The van der Waals surface area contributed by atoms with Gasteiger partial charge in [0.1, 0.15) is 6.61 Å². The largest absolute Gasteiger partial charge is 0.418 e. The van der Waals surface area contributed by atoms with Crippen LogP contribution in [0.1, 0.15) is 18.4 Å². The van der Waals surface area contributed by atoms with Gasteiger partial charge in [0.05, 0.1) is 24.4 Å². The van der Waals surface area contributed by atoms with Gasteiger partial charge in [0.25, 0.3) is 18.2 Å². The molecule has 1 heterocycles. The fourth-order valence-electron chi connectivity index (χ4n) is 3.53. The molecule has 8 nitrogen and oxygen atoms in total. The molecule has 2 fully saturated rings. The average molecular weight is 464 g/mol. The molecule has 1 aliphatic heterocycles. The zero-order valence-corrected chi connectivity index (χ0v) is 16.7. The molecule has 3 amide bonds. The first-order valence-electron chi connectivity index (χ1n) is 9.72. The summed E-state index contributed by atoms with van der Waals surface area (Å²) < 4.78 is 71.8. The van der Waals surface area contributed by atoms with Crippen LogP contribution < -0.4 is 16.0 Å². The van der Waals surface area contributed by atoms with E-state index in [1.54, 1.807) is 0 Å². The maximum atomic E-state index is 13.7. The molecule has 0 aromatic heterocycles. The van der Waals surface area contributed by atoms with E-state index in [-0.39, 0.29) is 25.4 Å². The molecule has 1 aromatic carbocycles. The lowest BCUT2D eigenvalue weighted by atomic mass is 10.1. The molecule has 0 spiro atoms. The minimum absolute atomic E-state index is 0.0585. The van der Waals surface area contributed by atoms with Crippen molar-refractivity contribution in [3.05, 3.63) is 23.8 Å². The molecule has 1 aromatic rings. The number of alkyl halides is 5. The molecule has 1 atom stereocenters. The monoisotopic (exact) mass is 464 g/mol. The lowest BCUT2D eigenvalue weighted by Crippen LogP contribution is -2.54. The van der Waals surface area contributed by atoms with Crippen LogP contribution in [0.2, 0.25) is 0 Å². The highest BCUT2D eigenvalue weighted by molar-refractivity contribution is 6.09. The van der Waals surface area contributed by atoms with E-state index in [9.17, 15) is 36.3 Å². The van der Waals surface area contributed by atoms with Gasteiger partial charge in [-0.1, -0.05) is 0 Å². The van der Waals surface area contributed by atoms with Crippen molar-refractivity contribution in [2.75, 3.05) is 36.5 Å². The third kappa shape index (κ3) is 5.51. The van der Waals surface area contributed by atoms with Gasteiger partial charge in [-0.25, -0.2) is 8.78 Å². The molecule has 0 radical (unpaired) electrons. The van der Waals surface area contributed by atoms with E-state index in [1.807, 2.05) is 0 Å². The highest BCUT2D eigenvalue weighted by atomic mass is 19.4. The molecule has 32 heavy (non-hydrogen) atoms. The maximum Gasteiger partial charge on any atom is 0.418 e. The van der Waals surface area contributed by atoms with E-state index >= 15 is 0 Å². The molecule has 3 rings (SSSR count). The first kappa shape index (κ1) is 23.9. The highest BCUT2D eigenvalue weighted by Crippen LogP contribution is 2.39. The Morgan fingerprint density at radius 1 is 1.28 bits per heavy atom. The Morgan fingerprint density at radius 2 is 1.97 bits per heavy atom. The molecule has 2 aliphatic rings. The minimum atomic E-state index is -4.87. The van der Waals surface area contributed by atoms with Crippen molar-refractivity contribution in [1.82, 2.24) is 4.90 Å². The maximum absolute atomic E-state index is 13.7. The van der Waals surface area contributed by atoms with Crippen LogP contribution in [-0.2, 0) is 25.3 Å². The number of amides is 3.